The van der Waals surface area contributed by atoms with Crippen molar-refractivity contribution in [3.8, 4) is 0 Å². The minimum Gasteiger partial charge on any atom is -0.346 e. The molecule has 1 aromatic heterocycles. The summed E-state index contributed by atoms with van der Waals surface area (Å²) >= 11 is 0. The second-order valence-corrected chi connectivity index (χ2v) is 5.52. The van der Waals surface area contributed by atoms with Crippen LogP contribution in [0.2, 0.25) is 0 Å². The first-order valence-corrected chi connectivity index (χ1v) is 6.99. The van der Waals surface area contributed by atoms with Gasteiger partial charge in [-0.25, -0.2) is 9.97 Å². The zero-order chi connectivity index (χ0) is 13.2. The Morgan fingerprint density at radius 2 is 2.11 bits per heavy atom. The molecule has 100 valence electrons. The van der Waals surface area contributed by atoms with Crippen LogP contribution in [-0.4, -0.2) is 15.9 Å². The summed E-state index contributed by atoms with van der Waals surface area (Å²) in [6, 6.07) is 1.88. The van der Waals surface area contributed by atoms with Crippen molar-refractivity contribution in [1.82, 2.24) is 15.3 Å². The lowest BCUT2D eigenvalue weighted by molar-refractivity contribution is -0.125. The first kappa shape index (κ1) is 12.3. The fraction of sp³-hybridized carbons (Fsp3) is 0.533. The Morgan fingerprint density at radius 3 is 2.74 bits per heavy atom. The highest BCUT2D eigenvalue weighted by Crippen LogP contribution is 2.40. The van der Waals surface area contributed by atoms with Gasteiger partial charge in [-0.05, 0) is 44.6 Å². The fourth-order valence-electron chi connectivity index (χ4n) is 2.54. The molecule has 1 aromatic rings. The summed E-state index contributed by atoms with van der Waals surface area (Å²) in [6.45, 7) is 1.96. The van der Waals surface area contributed by atoms with Crippen LogP contribution in [0.1, 0.15) is 43.2 Å². The number of amides is 1. The molecule has 0 radical (unpaired) electrons. The van der Waals surface area contributed by atoms with Gasteiger partial charge < -0.3 is 5.32 Å². The van der Waals surface area contributed by atoms with E-state index in [1.165, 1.54) is 0 Å². The molecule has 1 saturated carbocycles. The Morgan fingerprint density at radius 1 is 1.37 bits per heavy atom. The smallest absolute Gasteiger partial charge is 0.224 e. The van der Waals surface area contributed by atoms with Gasteiger partial charge in [0.15, 0.2) is 5.82 Å². The molecule has 2 aliphatic carbocycles. The Bertz CT molecular complexity index is 500. The van der Waals surface area contributed by atoms with Crippen molar-refractivity contribution >= 4 is 5.91 Å². The standard InChI is InChI=1S/C15H19N3O/c1-10-8-9-16-14(17-10)13(11-6-7-11)18-15(19)12-4-2-3-5-12/h2-3,8-9,11-13H,4-7H2,1H3,(H,18,19). The Labute approximate surface area is 113 Å². The molecule has 1 heterocycles. The van der Waals surface area contributed by atoms with Crippen LogP contribution in [0.25, 0.3) is 0 Å². The van der Waals surface area contributed by atoms with E-state index in [-0.39, 0.29) is 17.9 Å². The summed E-state index contributed by atoms with van der Waals surface area (Å²) in [5.74, 6) is 1.53. The molecule has 0 aromatic carbocycles. The molecule has 4 heteroatoms. The topological polar surface area (TPSA) is 54.9 Å². The third-order valence-corrected chi connectivity index (χ3v) is 3.86. The van der Waals surface area contributed by atoms with E-state index in [4.69, 9.17) is 0 Å². The minimum absolute atomic E-state index is 0.00648. The number of hydrogen-bond donors (Lipinski definition) is 1. The first-order valence-electron chi connectivity index (χ1n) is 6.99. The van der Waals surface area contributed by atoms with Gasteiger partial charge in [0.25, 0.3) is 0 Å². The lowest BCUT2D eigenvalue weighted by Gasteiger charge is -2.19. The molecule has 4 nitrogen and oxygen atoms in total. The van der Waals surface area contributed by atoms with E-state index in [9.17, 15) is 4.79 Å². The Kier molecular flexibility index (Phi) is 3.32. The van der Waals surface area contributed by atoms with Crippen molar-refractivity contribution < 1.29 is 4.79 Å². The highest BCUT2D eigenvalue weighted by molar-refractivity contribution is 5.79. The van der Waals surface area contributed by atoms with E-state index < -0.39 is 0 Å². The predicted molar refractivity (Wildman–Crippen MR) is 72.2 cm³/mol. The molecule has 0 bridgehead atoms. The number of rotatable bonds is 4. The third-order valence-electron chi connectivity index (χ3n) is 3.86. The van der Waals surface area contributed by atoms with Crippen LogP contribution in [0.3, 0.4) is 0 Å². The third kappa shape index (κ3) is 2.83. The van der Waals surface area contributed by atoms with E-state index in [0.29, 0.717) is 5.92 Å². The zero-order valence-electron chi connectivity index (χ0n) is 11.2. The maximum atomic E-state index is 12.2. The van der Waals surface area contributed by atoms with Gasteiger partial charge in [-0.3, -0.25) is 4.79 Å². The van der Waals surface area contributed by atoms with Crippen molar-refractivity contribution in [3.63, 3.8) is 0 Å². The summed E-state index contributed by atoms with van der Waals surface area (Å²) in [7, 11) is 0. The summed E-state index contributed by atoms with van der Waals surface area (Å²) in [5.41, 5.74) is 0.951. The molecule has 0 saturated heterocycles. The van der Waals surface area contributed by atoms with E-state index in [2.05, 4.69) is 27.4 Å². The zero-order valence-corrected chi connectivity index (χ0v) is 11.2. The van der Waals surface area contributed by atoms with Crippen molar-refractivity contribution in [2.75, 3.05) is 0 Å². The van der Waals surface area contributed by atoms with Crippen molar-refractivity contribution in [1.29, 1.82) is 0 Å². The number of carbonyl (C=O) groups excluding carboxylic acids is 1. The molecule has 1 atom stereocenters. The number of nitrogens with zero attached hydrogens (tertiary/aromatic N) is 2. The molecule has 1 amide bonds. The van der Waals surface area contributed by atoms with Crippen LogP contribution in [0.15, 0.2) is 24.4 Å². The van der Waals surface area contributed by atoms with Gasteiger partial charge in [0.2, 0.25) is 5.91 Å². The molecule has 19 heavy (non-hydrogen) atoms. The van der Waals surface area contributed by atoms with Crippen molar-refractivity contribution in [2.45, 2.75) is 38.6 Å². The van der Waals surface area contributed by atoms with Gasteiger partial charge in [0.1, 0.15) is 0 Å². The van der Waals surface area contributed by atoms with E-state index in [1.54, 1.807) is 6.20 Å². The summed E-state index contributed by atoms with van der Waals surface area (Å²) in [4.78, 5) is 21.1. The number of nitrogens with one attached hydrogen (secondary N) is 1. The second kappa shape index (κ2) is 5.11. The van der Waals surface area contributed by atoms with E-state index in [1.807, 2.05) is 13.0 Å². The average molecular weight is 257 g/mol. The van der Waals surface area contributed by atoms with Crippen LogP contribution < -0.4 is 5.32 Å². The largest absolute Gasteiger partial charge is 0.346 e. The minimum atomic E-state index is -0.00648. The lowest BCUT2D eigenvalue weighted by Crippen LogP contribution is -2.35. The van der Waals surface area contributed by atoms with Crippen molar-refractivity contribution in [2.24, 2.45) is 11.8 Å². The normalized spacial score (nSPS) is 20.5. The fourth-order valence-corrected chi connectivity index (χ4v) is 2.54. The number of hydrogen-bond acceptors (Lipinski definition) is 3. The summed E-state index contributed by atoms with van der Waals surface area (Å²) in [6.07, 6.45) is 9.97. The van der Waals surface area contributed by atoms with E-state index in [0.717, 1.165) is 37.2 Å². The molecule has 1 fully saturated rings. The number of aromatic nitrogens is 2. The van der Waals surface area contributed by atoms with Crippen molar-refractivity contribution in [3.05, 3.63) is 35.9 Å². The molecule has 2 aliphatic rings. The first-order chi connectivity index (χ1) is 9.24. The second-order valence-electron chi connectivity index (χ2n) is 5.52. The Balaban J connectivity index is 1.72. The average Bonchev–Trinajstić information content (AvgIpc) is 3.09. The molecule has 1 unspecified atom stereocenters. The SMILES string of the molecule is Cc1ccnc(C(NC(=O)C2CC=CC2)C2CC2)n1. The highest BCUT2D eigenvalue weighted by atomic mass is 16.2. The van der Waals surface area contributed by atoms with Crippen LogP contribution >= 0.6 is 0 Å². The molecular formula is C15H19N3O. The molecule has 0 aliphatic heterocycles. The summed E-state index contributed by atoms with van der Waals surface area (Å²) < 4.78 is 0. The van der Waals surface area contributed by atoms with Gasteiger partial charge in [0, 0.05) is 17.8 Å². The molecule has 0 spiro atoms. The lowest BCUT2D eigenvalue weighted by atomic mass is 10.0. The highest BCUT2D eigenvalue weighted by Gasteiger charge is 2.36. The Hall–Kier alpha value is -1.71. The van der Waals surface area contributed by atoms with Gasteiger partial charge >= 0.3 is 0 Å². The monoisotopic (exact) mass is 257 g/mol. The molecule has 3 rings (SSSR count). The van der Waals surface area contributed by atoms with E-state index >= 15 is 0 Å². The predicted octanol–water partition coefficient (Wildman–Crippen LogP) is 2.32. The number of carbonyl (C=O) groups is 1. The number of aryl methyl sites for hydroxylation is 1. The maximum Gasteiger partial charge on any atom is 0.224 e. The van der Waals surface area contributed by atoms with Crippen LogP contribution in [0.4, 0.5) is 0 Å². The van der Waals surface area contributed by atoms with Crippen LogP contribution in [0.5, 0.6) is 0 Å². The quantitative estimate of drug-likeness (QED) is 0.842. The van der Waals surface area contributed by atoms with Crippen LogP contribution in [0, 0.1) is 18.8 Å². The van der Waals surface area contributed by atoms with Gasteiger partial charge in [-0.15, -0.1) is 0 Å². The molecule has 1 N–H and O–H groups in total. The van der Waals surface area contributed by atoms with Gasteiger partial charge in [0.05, 0.1) is 6.04 Å². The maximum absolute atomic E-state index is 12.2. The van der Waals surface area contributed by atoms with Crippen LogP contribution in [-0.2, 0) is 4.79 Å². The van der Waals surface area contributed by atoms with Gasteiger partial charge in [-0.1, -0.05) is 12.2 Å². The molecular weight excluding hydrogens is 238 g/mol. The summed E-state index contributed by atoms with van der Waals surface area (Å²) in [5, 5.41) is 3.16. The van der Waals surface area contributed by atoms with Gasteiger partial charge in [-0.2, -0.15) is 0 Å². The number of allylic oxidation sites excluding steroid dienone is 2.